The van der Waals surface area contributed by atoms with E-state index in [9.17, 15) is 0 Å². The predicted octanol–water partition coefficient (Wildman–Crippen LogP) is 3.66. The highest BCUT2D eigenvalue weighted by Gasteiger charge is 2.07. The van der Waals surface area contributed by atoms with E-state index in [-0.39, 0.29) is 0 Å². The first kappa shape index (κ1) is 14.1. The number of rotatable bonds is 7. The number of hydrogen-bond acceptors (Lipinski definition) is 1. The second kappa shape index (κ2) is 8.17. The molecule has 0 heterocycles. The van der Waals surface area contributed by atoms with Gasteiger partial charge in [-0.3, -0.25) is 0 Å². The molecule has 1 atom stereocenters. The van der Waals surface area contributed by atoms with Crippen LogP contribution in [0.5, 0.6) is 0 Å². The Labute approximate surface area is 110 Å². The van der Waals surface area contributed by atoms with Crippen LogP contribution >= 0.6 is 11.6 Å². The molecule has 0 fully saturated rings. The van der Waals surface area contributed by atoms with Gasteiger partial charge in [0, 0.05) is 17.5 Å². The number of likely N-dealkylation sites (N-methyl/N-ethyl adjacent to an activating group) is 1. The molecule has 1 N–H and O–H groups in total. The Kier molecular flexibility index (Phi) is 6.77. The molecule has 0 aliphatic rings. The van der Waals surface area contributed by atoms with Crippen LogP contribution in [0.3, 0.4) is 0 Å². The van der Waals surface area contributed by atoms with E-state index in [1.807, 2.05) is 12.1 Å². The molecule has 0 radical (unpaired) electrons. The molecule has 0 bridgehead atoms. The van der Waals surface area contributed by atoms with Gasteiger partial charge in [0.2, 0.25) is 0 Å². The van der Waals surface area contributed by atoms with E-state index in [1.54, 1.807) is 0 Å². The molecular weight excluding hydrogens is 230 g/mol. The fourth-order valence-electron chi connectivity index (χ4n) is 1.92. The van der Waals surface area contributed by atoms with Gasteiger partial charge in [-0.1, -0.05) is 30.7 Å². The minimum Gasteiger partial charge on any atom is -0.314 e. The number of halogens is 1. The van der Waals surface area contributed by atoms with Crippen molar-refractivity contribution >= 4 is 11.6 Å². The lowest BCUT2D eigenvalue weighted by atomic mass is 10.0. The van der Waals surface area contributed by atoms with Crippen LogP contribution in [0.15, 0.2) is 24.3 Å². The topological polar surface area (TPSA) is 12.0 Å². The van der Waals surface area contributed by atoms with E-state index in [0.717, 1.165) is 37.3 Å². The van der Waals surface area contributed by atoms with Crippen LogP contribution in [0.25, 0.3) is 0 Å². The quantitative estimate of drug-likeness (QED) is 0.574. The predicted molar refractivity (Wildman–Crippen MR) is 75.3 cm³/mol. The Hall–Kier alpha value is -0.970. The second-order valence-corrected chi connectivity index (χ2v) is 4.62. The van der Waals surface area contributed by atoms with Crippen molar-refractivity contribution in [3.63, 3.8) is 0 Å². The fourth-order valence-corrected chi connectivity index (χ4v) is 2.05. The lowest BCUT2D eigenvalue weighted by molar-refractivity contribution is 0.479. The normalized spacial score (nSPS) is 12.1. The van der Waals surface area contributed by atoms with Gasteiger partial charge in [0.25, 0.3) is 0 Å². The number of unbranched alkanes of at least 4 members (excludes halogenated alkanes) is 1. The first-order valence-corrected chi connectivity index (χ1v) is 6.55. The Bertz CT molecular complexity index is 350. The van der Waals surface area contributed by atoms with E-state index in [0.29, 0.717) is 6.04 Å². The first-order chi connectivity index (χ1) is 8.26. The molecule has 1 aromatic rings. The molecule has 0 aliphatic heterocycles. The SMILES string of the molecule is C#CCCCC(Cc1ccc(Cl)cc1)NCC. The molecule has 1 nitrogen and oxygen atoms in total. The number of benzene rings is 1. The van der Waals surface area contributed by atoms with Gasteiger partial charge in [0.05, 0.1) is 0 Å². The summed E-state index contributed by atoms with van der Waals surface area (Å²) < 4.78 is 0. The molecule has 1 unspecified atom stereocenters. The average Bonchev–Trinajstić information content (AvgIpc) is 2.32. The summed E-state index contributed by atoms with van der Waals surface area (Å²) in [5, 5.41) is 4.30. The molecule has 2 heteroatoms. The standard InChI is InChI=1S/C15H20ClN/c1-3-5-6-7-15(17-4-2)12-13-8-10-14(16)11-9-13/h1,8-11,15,17H,4-7,12H2,2H3. The monoisotopic (exact) mass is 249 g/mol. The van der Waals surface area contributed by atoms with Crippen molar-refractivity contribution in [3.05, 3.63) is 34.9 Å². The summed E-state index contributed by atoms with van der Waals surface area (Å²) in [4.78, 5) is 0. The summed E-state index contributed by atoms with van der Waals surface area (Å²) in [6.45, 7) is 3.13. The molecule has 0 amide bonds. The summed E-state index contributed by atoms with van der Waals surface area (Å²) in [5.74, 6) is 2.69. The van der Waals surface area contributed by atoms with Crippen molar-refractivity contribution in [2.45, 2.75) is 38.6 Å². The highest BCUT2D eigenvalue weighted by Crippen LogP contribution is 2.13. The van der Waals surface area contributed by atoms with Crippen LogP contribution in [-0.4, -0.2) is 12.6 Å². The van der Waals surface area contributed by atoms with Gasteiger partial charge in [-0.05, 0) is 43.5 Å². The third-order valence-electron chi connectivity index (χ3n) is 2.76. The zero-order valence-electron chi connectivity index (χ0n) is 10.4. The third-order valence-corrected chi connectivity index (χ3v) is 3.01. The molecule has 1 rings (SSSR count). The second-order valence-electron chi connectivity index (χ2n) is 4.18. The third kappa shape index (κ3) is 5.77. The molecule has 17 heavy (non-hydrogen) atoms. The summed E-state index contributed by atoms with van der Waals surface area (Å²) in [5.41, 5.74) is 1.32. The van der Waals surface area contributed by atoms with Crippen molar-refractivity contribution in [3.8, 4) is 12.3 Å². The van der Waals surface area contributed by atoms with Gasteiger partial charge in [-0.15, -0.1) is 12.3 Å². The molecule has 0 aromatic heterocycles. The lowest BCUT2D eigenvalue weighted by Gasteiger charge is -2.17. The fraction of sp³-hybridized carbons (Fsp3) is 0.467. The lowest BCUT2D eigenvalue weighted by Crippen LogP contribution is -2.30. The van der Waals surface area contributed by atoms with Gasteiger partial charge in [0.1, 0.15) is 0 Å². The van der Waals surface area contributed by atoms with E-state index in [1.165, 1.54) is 5.56 Å². The van der Waals surface area contributed by atoms with Crippen LogP contribution in [0.2, 0.25) is 5.02 Å². The van der Waals surface area contributed by atoms with Crippen LogP contribution in [0, 0.1) is 12.3 Å². The van der Waals surface area contributed by atoms with Crippen LogP contribution in [-0.2, 0) is 6.42 Å². The van der Waals surface area contributed by atoms with Crippen molar-refractivity contribution in [2.75, 3.05) is 6.54 Å². The Morgan fingerprint density at radius 1 is 1.35 bits per heavy atom. The largest absolute Gasteiger partial charge is 0.314 e. The smallest absolute Gasteiger partial charge is 0.0406 e. The van der Waals surface area contributed by atoms with Crippen molar-refractivity contribution in [2.24, 2.45) is 0 Å². The molecule has 0 aliphatic carbocycles. The maximum Gasteiger partial charge on any atom is 0.0406 e. The number of hydrogen-bond donors (Lipinski definition) is 1. The first-order valence-electron chi connectivity index (χ1n) is 6.17. The number of terminal acetylenes is 1. The zero-order chi connectivity index (χ0) is 12.5. The van der Waals surface area contributed by atoms with Gasteiger partial charge in [-0.2, -0.15) is 0 Å². The van der Waals surface area contributed by atoms with E-state index >= 15 is 0 Å². The Balaban J connectivity index is 2.47. The van der Waals surface area contributed by atoms with Gasteiger partial charge < -0.3 is 5.32 Å². The minimum atomic E-state index is 0.509. The average molecular weight is 250 g/mol. The number of nitrogens with one attached hydrogen (secondary N) is 1. The maximum atomic E-state index is 5.87. The summed E-state index contributed by atoms with van der Waals surface area (Å²) in [7, 11) is 0. The highest BCUT2D eigenvalue weighted by atomic mass is 35.5. The highest BCUT2D eigenvalue weighted by molar-refractivity contribution is 6.30. The van der Waals surface area contributed by atoms with Crippen molar-refractivity contribution in [1.82, 2.24) is 5.32 Å². The molecule has 1 aromatic carbocycles. The Morgan fingerprint density at radius 3 is 2.65 bits per heavy atom. The molecule has 0 saturated heterocycles. The van der Waals surface area contributed by atoms with Gasteiger partial charge in [-0.25, -0.2) is 0 Å². The van der Waals surface area contributed by atoms with E-state index in [4.69, 9.17) is 18.0 Å². The van der Waals surface area contributed by atoms with Crippen molar-refractivity contribution in [1.29, 1.82) is 0 Å². The van der Waals surface area contributed by atoms with Crippen LogP contribution < -0.4 is 5.32 Å². The van der Waals surface area contributed by atoms with E-state index < -0.39 is 0 Å². The van der Waals surface area contributed by atoms with Gasteiger partial charge >= 0.3 is 0 Å². The zero-order valence-corrected chi connectivity index (χ0v) is 11.1. The summed E-state index contributed by atoms with van der Waals surface area (Å²) >= 11 is 5.87. The molecule has 0 spiro atoms. The summed E-state index contributed by atoms with van der Waals surface area (Å²) in [6, 6.07) is 8.58. The molecule has 0 saturated carbocycles. The van der Waals surface area contributed by atoms with E-state index in [2.05, 4.69) is 30.3 Å². The molecule has 92 valence electrons. The maximum absolute atomic E-state index is 5.87. The van der Waals surface area contributed by atoms with Gasteiger partial charge in [0.15, 0.2) is 0 Å². The van der Waals surface area contributed by atoms with Crippen LogP contribution in [0.4, 0.5) is 0 Å². The minimum absolute atomic E-state index is 0.509. The molecular formula is C15H20ClN. The van der Waals surface area contributed by atoms with Crippen LogP contribution in [0.1, 0.15) is 31.7 Å². The van der Waals surface area contributed by atoms with Crippen molar-refractivity contribution < 1.29 is 0 Å². The summed E-state index contributed by atoms with van der Waals surface area (Å²) in [6.07, 6.45) is 9.38. The Morgan fingerprint density at radius 2 is 2.06 bits per heavy atom.